The maximum Gasteiger partial charge on any atom is 0.264 e. The minimum atomic E-state index is -4.31. The number of carbonyl (C=O) groups is 1. The average Bonchev–Trinajstić information content (AvgIpc) is 2.75. The number of amides is 1. The van der Waals surface area contributed by atoms with Gasteiger partial charge < -0.3 is 10.1 Å². The van der Waals surface area contributed by atoms with Crippen LogP contribution in [0.1, 0.15) is 10.4 Å². The monoisotopic (exact) mass is 483 g/mol. The van der Waals surface area contributed by atoms with E-state index in [0.717, 1.165) is 16.4 Å². The number of nitrogens with zero attached hydrogens (tertiary/aromatic N) is 2. The Morgan fingerprint density at radius 2 is 1.88 bits per heavy atom. The van der Waals surface area contributed by atoms with Crippen molar-refractivity contribution in [3.05, 3.63) is 76.7 Å². The SMILES string of the molecule is O=C(Nc1cnc2c(c1)N(S(=O)(=O)c1ccc(F)c(F)c1)CCO2)c1c(F)cccc1Cl. The molecule has 32 heavy (non-hydrogen) atoms. The third-order valence-corrected chi connectivity index (χ3v) is 6.69. The smallest absolute Gasteiger partial charge is 0.264 e. The molecule has 4 rings (SSSR count). The number of ether oxygens (including phenoxy) is 1. The lowest BCUT2D eigenvalue weighted by atomic mass is 10.2. The molecule has 12 heteroatoms. The molecule has 0 unspecified atom stereocenters. The second kappa shape index (κ2) is 8.32. The average molecular weight is 484 g/mol. The highest BCUT2D eigenvalue weighted by atomic mass is 35.5. The van der Waals surface area contributed by atoms with Crippen LogP contribution in [0.4, 0.5) is 24.5 Å². The van der Waals surface area contributed by atoms with Crippen molar-refractivity contribution < 1.29 is 31.1 Å². The summed E-state index contributed by atoms with van der Waals surface area (Å²) in [6.07, 6.45) is 1.19. The van der Waals surface area contributed by atoms with E-state index in [2.05, 4.69) is 10.3 Å². The number of fused-ring (bicyclic) bond motifs is 1. The Bertz CT molecular complexity index is 1320. The van der Waals surface area contributed by atoms with Crippen molar-refractivity contribution in [2.24, 2.45) is 0 Å². The van der Waals surface area contributed by atoms with Crippen LogP contribution in [0.2, 0.25) is 5.02 Å². The van der Waals surface area contributed by atoms with Crippen LogP contribution >= 0.6 is 11.6 Å². The number of hydrogen-bond donors (Lipinski definition) is 1. The first-order valence-electron chi connectivity index (χ1n) is 9.04. The molecule has 2 aromatic carbocycles. The summed E-state index contributed by atoms with van der Waals surface area (Å²) < 4.78 is 73.3. The lowest BCUT2D eigenvalue weighted by Gasteiger charge is -2.30. The minimum Gasteiger partial charge on any atom is -0.474 e. The van der Waals surface area contributed by atoms with Gasteiger partial charge in [0.15, 0.2) is 11.6 Å². The molecular formula is C20H13ClF3N3O4S. The predicted molar refractivity (Wildman–Crippen MR) is 110 cm³/mol. The van der Waals surface area contributed by atoms with Crippen molar-refractivity contribution in [3.63, 3.8) is 0 Å². The van der Waals surface area contributed by atoms with Crippen LogP contribution in [-0.2, 0) is 10.0 Å². The molecule has 1 aromatic heterocycles. The first-order valence-corrected chi connectivity index (χ1v) is 10.9. The van der Waals surface area contributed by atoms with Gasteiger partial charge in [0, 0.05) is 0 Å². The Morgan fingerprint density at radius 3 is 2.59 bits per heavy atom. The first kappa shape index (κ1) is 21.9. The molecular weight excluding hydrogens is 471 g/mol. The Hall–Kier alpha value is -3.31. The minimum absolute atomic E-state index is 0.0315. The molecule has 2 heterocycles. The van der Waals surface area contributed by atoms with Gasteiger partial charge in [-0.2, -0.15) is 0 Å². The molecule has 0 radical (unpaired) electrons. The van der Waals surface area contributed by atoms with Crippen molar-refractivity contribution in [3.8, 4) is 5.88 Å². The summed E-state index contributed by atoms with van der Waals surface area (Å²) in [5.41, 5.74) is -0.406. The fraction of sp³-hybridized carbons (Fsp3) is 0.100. The van der Waals surface area contributed by atoms with Crippen LogP contribution in [0.3, 0.4) is 0 Å². The van der Waals surface area contributed by atoms with E-state index >= 15 is 0 Å². The van der Waals surface area contributed by atoms with E-state index in [4.69, 9.17) is 16.3 Å². The van der Waals surface area contributed by atoms with Crippen molar-refractivity contribution >= 4 is 38.9 Å². The van der Waals surface area contributed by atoms with Gasteiger partial charge in [0.05, 0.1) is 33.9 Å². The van der Waals surface area contributed by atoms with Crippen LogP contribution < -0.4 is 14.4 Å². The van der Waals surface area contributed by atoms with Gasteiger partial charge in [-0.15, -0.1) is 0 Å². The number of nitrogens with one attached hydrogen (secondary N) is 1. The summed E-state index contributed by atoms with van der Waals surface area (Å²) in [5.74, 6) is -4.28. The molecule has 1 aliphatic heterocycles. The molecule has 0 saturated heterocycles. The van der Waals surface area contributed by atoms with Gasteiger partial charge in [-0.1, -0.05) is 17.7 Å². The Morgan fingerprint density at radius 1 is 1.09 bits per heavy atom. The second-order valence-corrected chi connectivity index (χ2v) is 8.87. The standard InChI is InChI=1S/C20H13ClF3N3O4S/c21-13-2-1-3-15(23)18(13)19(28)26-11-8-17-20(25-10-11)31-7-6-27(17)32(29,30)12-4-5-14(22)16(24)9-12/h1-5,8-10H,6-7H2,(H,26,28). The zero-order chi connectivity index (χ0) is 23.0. The van der Waals surface area contributed by atoms with E-state index in [-0.39, 0.29) is 35.4 Å². The quantitative estimate of drug-likeness (QED) is 0.606. The Balaban J connectivity index is 1.69. The summed E-state index contributed by atoms with van der Waals surface area (Å²) in [4.78, 5) is 16.0. The van der Waals surface area contributed by atoms with E-state index in [1.807, 2.05) is 0 Å². The number of anilines is 2. The van der Waals surface area contributed by atoms with Gasteiger partial charge in [0.2, 0.25) is 5.88 Å². The van der Waals surface area contributed by atoms with Gasteiger partial charge in [-0.25, -0.2) is 26.6 Å². The Kier molecular flexibility index (Phi) is 5.70. The highest BCUT2D eigenvalue weighted by molar-refractivity contribution is 7.92. The molecule has 1 N–H and O–H groups in total. The van der Waals surface area contributed by atoms with E-state index in [1.54, 1.807) is 0 Å². The molecule has 0 bridgehead atoms. The fourth-order valence-corrected chi connectivity index (χ4v) is 4.77. The highest BCUT2D eigenvalue weighted by Crippen LogP contribution is 2.36. The van der Waals surface area contributed by atoms with Crippen LogP contribution in [0, 0.1) is 17.5 Å². The largest absolute Gasteiger partial charge is 0.474 e. The third kappa shape index (κ3) is 3.96. The first-order chi connectivity index (χ1) is 15.2. The van der Waals surface area contributed by atoms with Gasteiger partial charge >= 0.3 is 0 Å². The number of benzene rings is 2. The molecule has 0 spiro atoms. The van der Waals surface area contributed by atoms with Gasteiger partial charge in [-0.3, -0.25) is 9.10 Å². The molecule has 0 atom stereocenters. The molecule has 1 amide bonds. The number of sulfonamides is 1. The van der Waals surface area contributed by atoms with Crippen LogP contribution in [-0.4, -0.2) is 32.5 Å². The van der Waals surface area contributed by atoms with Crippen LogP contribution in [0.15, 0.2) is 53.6 Å². The summed E-state index contributed by atoms with van der Waals surface area (Å²) in [6, 6.07) is 7.21. The van der Waals surface area contributed by atoms with Crippen molar-refractivity contribution in [2.45, 2.75) is 4.90 Å². The second-order valence-electron chi connectivity index (χ2n) is 6.60. The van der Waals surface area contributed by atoms with Crippen LogP contribution in [0.5, 0.6) is 5.88 Å². The van der Waals surface area contributed by atoms with Crippen molar-refractivity contribution in [2.75, 3.05) is 22.8 Å². The Labute approximate surface area is 185 Å². The number of halogens is 4. The zero-order valence-electron chi connectivity index (χ0n) is 16.0. The number of rotatable bonds is 4. The molecule has 166 valence electrons. The van der Waals surface area contributed by atoms with E-state index in [1.165, 1.54) is 24.4 Å². The molecule has 0 fully saturated rings. The summed E-state index contributed by atoms with van der Waals surface area (Å²) in [6.45, 7) is -0.188. The lowest BCUT2D eigenvalue weighted by Crippen LogP contribution is -2.38. The molecule has 3 aromatic rings. The fourth-order valence-electron chi connectivity index (χ4n) is 3.07. The predicted octanol–water partition coefficient (Wildman–Crippen LogP) is 3.99. The number of hydrogen-bond acceptors (Lipinski definition) is 5. The van der Waals surface area contributed by atoms with E-state index in [0.29, 0.717) is 12.1 Å². The molecule has 0 aliphatic carbocycles. The molecule has 0 saturated carbocycles. The van der Waals surface area contributed by atoms with Gasteiger partial charge in [-0.05, 0) is 36.4 Å². The van der Waals surface area contributed by atoms with Gasteiger partial charge in [0.1, 0.15) is 18.1 Å². The highest BCUT2D eigenvalue weighted by Gasteiger charge is 2.32. The molecule has 1 aliphatic rings. The maximum atomic E-state index is 14.0. The third-order valence-electron chi connectivity index (χ3n) is 4.56. The topological polar surface area (TPSA) is 88.6 Å². The van der Waals surface area contributed by atoms with Crippen molar-refractivity contribution in [1.82, 2.24) is 4.98 Å². The zero-order valence-corrected chi connectivity index (χ0v) is 17.6. The van der Waals surface area contributed by atoms with Crippen molar-refractivity contribution in [1.29, 1.82) is 0 Å². The van der Waals surface area contributed by atoms with E-state index in [9.17, 15) is 26.4 Å². The summed E-state index contributed by atoms with van der Waals surface area (Å²) in [7, 11) is -4.31. The number of aromatic nitrogens is 1. The van der Waals surface area contributed by atoms with E-state index < -0.39 is 43.8 Å². The summed E-state index contributed by atoms with van der Waals surface area (Å²) in [5, 5.41) is 2.29. The lowest BCUT2D eigenvalue weighted by molar-refractivity contribution is 0.102. The number of carbonyl (C=O) groups excluding carboxylic acids is 1. The van der Waals surface area contributed by atoms with Crippen LogP contribution in [0.25, 0.3) is 0 Å². The van der Waals surface area contributed by atoms with Gasteiger partial charge in [0.25, 0.3) is 15.9 Å². The summed E-state index contributed by atoms with van der Waals surface area (Å²) >= 11 is 5.90. The molecule has 7 nitrogen and oxygen atoms in total. The normalized spacial score (nSPS) is 13.3. The number of pyridine rings is 1. The maximum absolute atomic E-state index is 14.0.